The number of furan rings is 1. The van der Waals surface area contributed by atoms with Gasteiger partial charge in [0.15, 0.2) is 5.17 Å². The molecule has 0 aliphatic carbocycles. The van der Waals surface area contributed by atoms with E-state index < -0.39 is 0 Å². The van der Waals surface area contributed by atoms with Gasteiger partial charge in [0.05, 0.1) is 15.6 Å². The molecule has 0 bridgehead atoms. The second-order valence-electron chi connectivity index (χ2n) is 4.77. The third-order valence-electron chi connectivity index (χ3n) is 3.11. The van der Waals surface area contributed by atoms with Crippen molar-refractivity contribution < 1.29 is 9.21 Å². The van der Waals surface area contributed by atoms with Gasteiger partial charge < -0.3 is 4.42 Å². The predicted octanol–water partition coefficient (Wildman–Crippen LogP) is 4.48. The van der Waals surface area contributed by atoms with Crippen molar-refractivity contribution in [1.29, 1.82) is 0 Å². The molecule has 0 N–H and O–H groups in total. The number of thioether (sulfide) groups is 1. The molecule has 2 aromatic rings. The van der Waals surface area contributed by atoms with Crippen LogP contribution < -0.4 is 0 Å². The van der Waals surface area contributed by atoms with Crippen LogP contribution in [0.3, 0.4) is 0 Å². The molecule has 6 heteroatoms. The molecule has 1 saturated heterocycles. The highest BCUT2D eigenvalue weighted by atomic mass is 35.5. The Kier molecular flexibility index (Phi) is 4.09. The summed E-state index contributed by atoms with van der Waals surface area (Å²) in [6.45, 7) is 1.86. The lowest BCUT2D eigenvalue weighted by atomic mass is 10.3. The van der Waals surface area contributed by atoms with E-state index in [1.54, 1.807) is 19.2 Å². The maximum absolute atomic E-state index is 12.3. The van der Waals surface area contributed by atoms with Gasteiger partial charge in [0, 0.05) is 13.1 Å². The molecule has 1 aliphatic heterocycles. The van der Waals surface area contributed by atoms with E-state index in [-0.39, 0.29) is 5.91 Å². The summed E-state index contributed by atoms with van der Waals surface area (Å²) in [6.07, 6.45) is 1.73. The van der Waals surface area contributed by atoms with Crippen molar-refractivity contribution in [3.63, 3.8) is 0 Å². The van der Waals surface area contributed by atoms with Crippen molar-refractivity contribution in [2.75, 3.05) is 7.05 Å². The maximum atomic E-state index is 12.3. The minimum absolute atomic E-state index is 0.107. The number of aliphatic imine (C=N–C) groups is 1. The van der Waals surface area contributed by atoms with Crippen molar-refractivity contribution in [2.45, 2.75) is 6.92 Å². The second kappa shape index (κ2) is 6.02. The van der Waals surface area contributed by atoms with Crippen molar-refractivity contribution in [3.8, 4) is 0 Å². The lowest BCUT2D eigenvalue weighted by Gasteiger charge is -2.07. The Balaban J connectivity index is 1.92. The Labute approximate surface area is 137 Å². The smallest absolute Gasteiger partial charge is 0.266 e. The van der Waals surface area contributed by atoms with Crippen LogP contribution in [0.1, 0.15) is 11.5 Å². The average molecular weight is 333 g/mol. The van der Waals surface area contributed by atoms with Gasteiger partial charge >= 0.3 is 0 Å². The first-order chi connectivity index (χ1) is 10.5. The predicted molar refractivity (Wildman–Crippen MR) is 90.3 cm³/mol. The fourth-order valence-electron chi connectivity index (χ4n) is 1.96. The molecule has 2 heterocycles. The first-order valence-electron chi connectivity index (χ1n) is 6.62. The molecule has 4 nitrogen and oxygen atoms in total. The van der Waals surface area contributed by atoms with E-state index in [0.717, 1.165) is 5.76 Å². The molecule has 112 valence electrons. The van der Waals surface area contributed by atoms with Gasteiger partial charge in [-0.1, -0.05) is 23.7 Å². The number of carbonyl (C=O) groups is 1. The summed E-state index contributed by atoms with van der Waals surface area (Å²) >= 11 is 7.41. The Morgan fingerprint density at radius 1 is 1.27 bits per heavy atom. The number of hydrogen-bond donors (Lipinski definition) is 0. The number of benzene rings is 1. The number of halogens is 1. The minimum atomic E-state index is -0.107. The van der Waals surface area contributed by atoms with Gasteiger partial charge in [0.1, 0.15) is 11.5 Å². The number of para-hydroxylation sites is 1. The van der Waals surface area contributed by atoms with Crippen LogP contribution in [0.25, 0.3) is 6.08 Å². The van der Waals surface area contributed by atoms with Crippen molar-refractivity contribution >= 4 is 46.2 Å². The van der Waals surface area contributed by atoms with Crippen LogP contribution in [0, 0.1) is 6.92 Å². The number of amidine groups is 1. The Morgan fingerprint density at radius 3 is 2.73 bits per heavy atom. The number of nitrogens with zero attached hydrogens (tertiary/aromatic N) is 2. The van der Waals surface area contributed by atoms with Gasteiger partial charge in [-0.05, 0) is 43.0 Å². The third-order valence-corrected chi connectivity index (χ3v) is 4.49. The molecule has 0 atom stereocenters. The minimum Gasteiger partial charge on any atom is -0.462 e. The van der Waals surface area contributed by atoms with Crippen LogP contribution in [-0.2, 0) is 4.79 Å². The summed E-state index contributed by atoms with van der Waals surface area (Å²) in [5.74, 6) is 1.35. The van der Waals surface area contributed by atoms with Gasteiger partial charge in [-0.2, -0.15) is 0 Å². The zero-order valence-corrected chi connectivity index (χ0v) is 13.6. The number of amides is 1. The lowest BCUT2D eigenvalue weighted by Crippen LogP contribution is -2.23. The fourth-order valence-corrected chi connectivity index (χ4v) is 3.10. The van der Waals surface area contributed by atoms with E-state index in [2.05, 4.69) is 4.99 Å². The summed E-state index contributed by atoms with van der Waals surface area (Å²) in [7, 11) is 1.69. The number of aryl methyl sites for hydroxylation is 1. The van der Waals surface area contributed by atoms with Crippen molar-refractivity contribution in [1.82, 2.24) is 4.90 Å². The van der Waals surface area contributed by atoms with E-state index in [4.69, 9.17) is 16.0 Å². The topological polar surface area (TPSA) is 45.8 Å². The maximum Gasteiger partial charge on any atom is 0.266 e. The first-order valence-corrected chi connectivity index (χ1v) is 7.81. The fraction of sp³-hybridized carbons (Fsp3) is 0.125. The molecule has 0 spiro atoms. The van der Waals surface area contributed by atoms with E-state index in [1.807, 2.05) is 37.3 Å². The van der Waals surface area contributed by atoms with Crippen molar-refractivity contribution in [3.05, 3.63) is 57.8 Å². The van der Waals surface area contributed by atoms with Crippen LogP contribution in [0.15, 0.2) is 50.7 Å². The van der Waals surface area contributed by atoms with E-state index >= 15 is 0 Å². The summed E-state index contributed by atoms with van der Waals surface area (Å²) in [5, 5.41) is 1.14. The zero-order chi connectivity index (χ0) is 15.7. The molecule has 1 aromatic carbocycles. The molecular weight excluding hydrogens is 320 g/mol. The number of rotatable bonds is 2. The van der Waals surface area contributed by atoms with E-state index in [0.29, 0.717) is 26.5 Å². The molecule has 3 rings (SSSR count). The Bertz CT molecular complexity index is 795. The van der Waals surface area contributed by atoms with Gasteiger partial charge in [0.2, 0.25) is 0 Å². The summed E-state index contributed by atoms with van der Waals surface area (Å²) in [6, 6.07) is 11.0. The molecule has 1 aliphatic rings. The Morgan fingerprint density at radius 2 is 2.05 bits per heavy atom. The molecule has 22 heavy (non-hydrogen) atoms. The molecule has 0 radical (unpaired) electrons. The highest BCUT2D eigenvalue weighted by molar-refractivity contribution is 8.18. The quantitative estimate of drug-likeness (QED) is 0.762. The molecule has 0 saturated carbocycles. The van der Waals surface area contributed by atoms with E-state index in [9.17, 15) is 4.79 Å². The standard InChI is InChI=1S/C16H13ClN2O2S/c1-10-7-8-11(21-10)9-14-15(20)19(2)16(22-14)18-13-6-4-3-5-12(13)17/h3-9H,1-2H3/b14-9+,18-16?. The largest absolute Gasteiger partial charge is 0.462 e. The van der Waals surface area contributed by atoms with Gasteiger partial charge in [-0.15, -0.1) is 0 Å². The van der Waals surface area contributed by atoms with Crippen LogP contribution in [0.4, 0.5) is 5.69 Å². The summed E-state index contributed by atoms with van der Waals surface area (Å²) < 4.78 is 5.48. The first kappa shape index (κ1) is 14.9. The molecule has 1 amide bonds. The zero-order valence-electron chi connectivity index (χ0n) is 12.0. The second-order valence-corrected chi connectivity index (χ2v) is 6.19. The molecule has 1 aromatic heterocycles. The molecule has 0 unspecified atom stereocenters. The third kappa shape index (κ3) is 2.96. The molecular formula is C16H13ClN2O2S. The van der Waals surface area contributed by atoms with Gasteiger partial charge in [-0.25, -0.2) is 4.99 Å². The number of hydrogen-bond acceptors (Lipinski definition) is 4. The highest BCUT2D eigenvalue weighted by Gasteiger charge is 2.30. The van der Waals surface area contributed by atoms with Crippen LogP contribution in [0.2, 0.25) is 5.02 Å². The monoisotopic (exact) mass is 332 g/mol. The lowest BCUT2D eigenvalue weighted by molar-refractivity contribution is -0.121. The van der Waals surface area contributed by atoms with Crippen LogP contribution in [-0.4, -0.2) is 23.0 Å². The van der Waals surface area contributed by atoms with Gasteiger partial charge in [0.25, 0.3) is 5.91 Å². The number of likely N-dealkylation sites (N-methyl/N-ethyl adjacent to an activating group) is 1. The number of carbonyl (C=O) groups excluding carboxylic acids is 1. The van der Waals surface area contributed by atoms with Crippen LogP contribution in [0.5, 0.6) is 0 Å². The SMILES string of the molecule is Cc1ccc(/C=C2/SC(=Nc3ccccc3Cl)N(C)C2=O)o1. The highest BCUT2D eigenvalue weighted by Crippen LogP contribution is 2.34. The Hall–Kier alpha value is -1.98. The summed E-state index contributed by atoms with van der Waals surface area (Å²) in [5.41, 5.74) is 0.640. The average Bonchev–Trinajstić information content (AvgIpc) is 3.01. The normalized spacial score (nSPS) is 18.7. The summed E-state index contributed by atoms with van der Waals surface area (Å²) in [4.78, 5) is 18.8. The van der Waals surface area contributed by atoms with Crippen LogP contribution >= 0.6 is 23.4 Å². The molecule has 1 fully saturated rings. The van der Waals surface area contributed by atoms with Crippen molar-refractivity contribution in [2.24, 2.45) is 4.99 Å². The van der Waals surface area contributed by atoms with E-state index in [1.165, 1.54) is 16.7 Å². The van der Waals surface area contributed by atoms with Gasteiger partial charge in [-0.3, -0.25) is 9.69 Å².